The summed E-state index contributed by atoms with van der Waals surface area (Å²) in [6, 6.07) is 25.7. The van der Waals surface area contributed by atoms with E-state index in [1.54, 1.807) is 0 Å². The van der Waals surface area contributed by atoms with Gasteiger partial charge in [-0.05, 0) is 71.5 Å². The number of hydrogen-bond donors (Lipinski definition) is 0. The van der Waals surface area contributed by atoms with Gasteiger partial charge >= 0.3 is 0 Å². The van der Waals surface area contributed by atoms with Crippen LogP contribution in [0.5, 0.6) is 0 Å². The molecule has 0 unspecified atom stereocenters. The van der Waals surface area contributed by atoms with Gasteiger partial charge in [-0.3, -0.25) is 4.57 Å². The maximum Gasteiger partial charge on any atom is 0.229 e. The molecule has 0 fully saturated rings. The Morgan fingerprint density at radius 2 is 1.33 bits per heavy atom. The zero-order valence-electron chi connectivity index (χ0n) is 13.7. The first kappa shape index (κ1) is 17.2. The highest BCUT2D eigenvalue weighted by Crippen LogP contribution is 2.49. The second-order valence-electron chi connectivity index (χ2n) is 5.73. The molecule has 0 N–H and O–H groups in total. The van der Waals surface area contributed by atoms with E-state index < -0.39 is 7.29 Å². The Balaban J connectivity index is 2.23. The average Bonchev–Trinajstić information content (AvgIpc) is 2.64. The van der Waals surface area contributed by atoms with Gasteiger partial charge in [0.25, 0.3) is 0 Å². The molecule has 0 heterocycles. The second kappa shape index (κ2) is 7.12. The van der Waals surface area contributed by atoms with Gasteiger partial charge in [-0.1, -0.05) is 42.5 Å². The van der Waals surface area contributed by atoms with Gasteiger partial charge in [-0.2, -0.15) is 0 Å². The number of nitrogens with zero attached hydrogens (tertiary/aromatic N) is 1. The van der Waals surface area contributed by atoms with Crippen LogP contribution in [0, 0.1) is 10.5 Å². The van der Waals surface area contributed by atoms with Crippen molar-refractivity contribution in [2.45, 2.75) is 6.92 Å². The number of hydrogen-bond acceptors (Lipinski definition) is 1. The lowest BCUT2D eigenvalue weighted by Crippen LogP contribution is -2.29. The van der Waals surface area contributed by atoms with Gasteiger partial charge in [0, 0.05) is 21.2 Å². The van der Waals surface area contributed by atoms with Crippen molar-refractivity contribution in [2.24, 2.45) is 0 Å². The van der Waals surface area contributed by atoms with Crippen molar-refractivity contribution in [2.75, 3.05) is 11.7 Å². The number of anilines is 1. The lowest BCUT2D eigenvalue weighted by Gasteiger charge is -2.32. The molecule has 0 aliphatic heterocycles. The zero-order valence-corrected chi connectivity index (χ0v) is 16.7. The highest BCUT2D eigenvalue weighted by molar-refractivity contribution is 14.1. The smallest absolute Gasteiger partial charge is 0.229 e. The average molecular weight is 447 g/mol. The first-order chi connectivity index (χ1) is 11.5. The largest absolute Gasteiger partial charge is 0.318 e. The third kappa shape index (κ3) is 3.15. The lowest BCUT2D eigenvalue weighted by molar-refractivity contribution is 0.586. The van der Waals surface area contributed by atoms with E-state index in [4.69, 9.17) is 0 Å². The normalized spacial score (nSPS) is 11.3. The maximum atomic E-state index is 14.3. The monoisotopic (exact) mass is 447 g/mol. The predicted octanol–water partition coefficient (Wildman–Crippen LogP) is 4.96. The Kier molecular flexibility index (Phi) is 5.12. The van der Waals surface area contributed by atoms with Crippen molar-refractivity contribution in [3.05, 3.63) is 88.0 Å². The Morgan fingerprint density at radius 1 is 0.833 bits per heavy atom. The molecular formula is C20H19INOP. The summed E-state index contributed by atoms with van der Waals surface area (Å²) in [6.45, 7) is 2.06. The summed E-state index contributed by atoms with van der Waals surface area (Å²) in [5.41, 5.74) is 2.15. The molecule has 4 heteroatoms. The number of rotatable bonds is 4. The molecule has 0 bridgehead atoms. The van der Waals surface area contributed by atoms with Crippen molar-refractivity contribution in [3.63, 3.8) is 0 Å². The summed E-state index contributed by atoms with van der Waals surface area (Å²) < 4.78 is 17.3. The van der Waals surface area contributed by atoms with Gasteiger partial charge in [0.2, 0.25) is 7.29 Å². The molecule has 0 radical (unpaired) electrons. The summed E-state index contributed by atoms with van der Waals surface area (Å²) >= 11 is 2.31. The predicted molar refractivity (Wildman–Crippen MR) is 112 cm³/mol. The third-order valence-electron chi connectivity index (χ3n) is 4.09. The first-order valence-corrected chi connectivity index (χ1v) is 10.5. The van der Waals surface area contributed by atoms with Crippen LogP contribution in [0.1, 0.15) is 5.56 Å². The van der Waals surface area contributed by atoms with Crippen LogP contribution in [0.15, 0.2) is 78.9 Å². The van der Waals surface area contributed by atoms with E-state index in [1.165, 1.54) is 0 Å². The molecule has 0 aliphatic rings. The summed E-state index contributed by atoms with van der Waals surface area (Å²) in [5.74, 6) is 0. The Hall–Kier alpha value is -1.58. The molecule has 2 nitrogen and oxygen atoms in total. The van der Waals surface area contributed by atoms with E-state index in [0.717, 1.165) is 25.4 Å². The van der Waals surface area contributed by atoms with Gasteiger partial charge in [0.15, 0.2) is 0 Å². The van der Waals surface area contributed by atoms with Crippen LogP contribution < -0.4 is 15.3 Å². The molecule has 24 heavy (non-hydrogen) atoms. The molecule has 0 saturated carbocycles. The van der Waals surface area contributed by atoms with E-state index in [-0.39, 0.29) is 0 Å². The van der Waals surface area contributed by atoms with Crippen molar-refractivity contribution >= 4 is 46.2 Å². The molecule has 3 aromatic rings. The fourth-order valence-corrected chi connectivity index (χ4v) is 6.28. The van der Waals surface area contributed by atoms with Crippen molar-refractivity contribution < 1.29 is 4.57 Å². The van der Waals surface area contributed by atoms with E-state index in [1.807, 2.05) is 72.4 Å². The molecule has 122 valence electrons. The van der Waals surface area contributed by atoms with E-state index in [0.29, 0.717) is 0 Å². The van der Waals surface area contributed by atoms with E-state index in [9.17, 15) is 4.57 Å². The molecule has 0 aliphatic carbocycles. The standard InChI is InChI=1S/C20H19INOP/c1-16-13-14-19(21)20(15-16)22(2)24(23,17-9-5-3-6-10-17)18-11-7-4-8-12-18/h3-15H,1-2H3. The molecule has 0 saturated heterocycles. The quantitative estimate of drug-likeness (QED) is 0.416. The fraction of sp³-hybridized carbons (Fsp3) is 0.100. The van der Waals surface area contributed by atoms with E-state index in [2.05, 4.69) is 47.7 Å². The Bertz CT molecular complexity index is 837. The van der Waals surface area contributed by atoms with Gasteiger partial charge < -0.3 is 4.67 Å². The minimum Gasteiger partial charge on any atom is -0.318 e. The number of halogens is 1. The number of benzene rings is 3. The molecule has 0 spiro atoms. The molecule has 3 rings (SSSR count). The van der Waals surface area contributed by atoms with Crippen molar-refractivity contribution in [1.29, 1.82) is 0 Å². The maximum absolute atomic E-state index is 14.3. The Labute approximate surface area is 157 Å². The summed E-state index contributed by atoms with van der Waals surface area (Å²) in [5, 5.41) is 1.69. The molecular weight excluding hydrogens is 428 g/mol. The lowest BCUT2D eigenvalue weighted by atomic mass is 10.2. The minimum atomic E-state index is -2.96. The van der Waals surface area contributed by atoms with Crippen LogP contribution in [-0.4, -0.2) is 7.05 Å². The van der Waals surface area contributed by atoms with Crippen LogP contribution in [-0.2, 0) is 4.57 Å². The molecule has 3 aromatic carbocycles. The van der Waals surface area contributed by atoms with Crippen LogP contribution in [0.25, 0.3) is 0 Å². The van der Waals surface area contributed by atoms with Crippen molar-refractivity contribution in [1.82, 2.24) is 0 Å². The third-order valence-corrected chi connectivity index (χ3v) is 8.05. The van der Waals surface area contributed by atoms with Crippen LogP contribution in [0.3, 0.4) is 0 Å². The minimum absolute atomic E-state index is 0.844. The Morgan fingerprint density at radius 3 is 1.83 bits per heavy atom. The van der Waals surface area contributed by atoms with E-state index >= 15 is 0 Å². The molecule has 0 aromatic heterocycles. The van der Waals surface area contributed by atoms with Gasteiger partial charge in [0.05, 0.1) is 5.69 Å². The van der Waals surface area contributed by atoms with Crippen LogP contribution in [0.4, 0.5) is 5.69 Å². The first-order valence-electron chi connectivity index (χ1n) is 7.75. The van der Waals surface area contributed by atoms with Gasteiger partial charge in [0.1, 0.15) is 0 Å². The number of aryl methyl sites for hydroxylation is 1. The van der Waals surface area contributed by atoms with Crippen molar-refractivity contribution in [3.8, 4) is 0 Å². The SMILES string of the molecule is Cc1ccc(I)c(N(C)P(=O)(c2ccccc2)c2ccccc2)c1. The van der Waals surface area contributed by atoms with Gasteiger partial charge in [-0.25, -0.2) is 0 Å². The summed E-state index contributed by atoms with van der Waals surface area (Å²) in [6.07, 6.45) is 0. The second-order valence-corrected chi connectivity index (χ2v) is 9.67. The van der Waals surface area contributed by atoms with Gasteiger partial charge in [-0.15, -0.1) is 0 Å². The fourth-order valence-electron chi connectivity index (χ4n) is 2.78. The topological polar surface area (TPSA) is 20.3 Å². The zero-order chi connectivity index (χ0) is 17.2. The van der Waals surface area contributed by atoms with Crippen LogP contribution in [0.2, 0.25) is 0 Å². The highest BCUT2D eigenvalue weighted by Gasteiger charge is 2.33. The summed E-state index contributed by atoms with van der Waals surface area (Å²) in [4.78, 5) is 0. The molecule has 0 atom stereocenters. The summed E-state index contributed by atoms with van der Waals surface area (Å²) in [7, 11) is -1.03. The molecule has 0 amide bonds. The van der Waals surface area contributed by atoms with Crippen LogP contribution >= 0.6 is 29.9 Å². The highest BCUT2D eigenvalue weighted by atomic mass is 127.